The van der Waals surface area contributed by atoms with Gasteiger partial charge in [0.05, 0.1) is 0 Å². The van der Waals surface area contributed by atoms with Gasteiger partial charge < -0.3 is 10.4 Å². The normalized spacial score (nSPS) is 10.7. The van der Waals surface area contributed by atoms with Gasteiger partial charge in [-0.25, -0.2) is 10.1 Å². The molecule has 5 nitrogen and oxygen atoms in total. The highest BCUT2D eigenvalue weighted by molar-refractivity contribution is 5.89. The van der Waals surface area contributed by atoms with E-state index < -0.39 is 0 Å². The van der Waals surface area contributed by atoms with Crippen molar-refractivity contribution >= 4 is 16.7 Å². The summed E-state index contributed by atoms with van der Waals surface area (Å²) < 4.78 is 0. The molecule has 3 rings (SSSR count). The van der Waals surface area contributed by atoms with E-state index in [0.717, 1.165) is 16.3 Å². The van der Waals surface area contributed by atoms with Crippen LogP contribution in [0.5, 0.6) is 5.75 Å². The Bertz CT molecular complexity index is 664. The quantitative estimate of drug-likeness (QED) is 0.656. The van der Waals surface area contributed by atoms with Gasteiger partial charge in [-0.3, -0.25) is 0 Å². The van der Waals surface area contributed by atoms with E-state index in [-0.39, 0.29) is 0 Å². The van der Waals surface area contributed by atoms with E-state index in [2.05, 4.69) is 20.5 Å². The molecule has 3 aromatic rings. The number of benzene rings is 2. The molecule has 3 N–H and O–H groups in total. The van der Waals surface area contributed by atoms with Gasteiger partial charge in [0.2, 0.25) is 5.95 Å². The molecule has 1 heterocycles. The second-order valence-corrected chi connectivity index (χ2v) is 3.98. The number of hydrogen-bond donors (Lipinski definition) is 3. The molecule has 0 saturated heterocycles. The van der Waals surface area contributed by atoms with Crippen LogP contribution in [-0.2, 0) is 6.54 Å². The summed E-state index contributed by atoms with van der Waals surface area (Å²) >= 11 is 0. The molecule has 18 heavy (non-hydrogen) atoms. The lowest BCUT2D eigenvalue weighted by Crippen LogP contribution is -2.01. The van der Waals surface area contributed by atoms with Crippen molar-refractivity contribution < 1.29 is 5.11 Å². The van der Waals surface area contributed by atoms with Gasteiger partial charge in [-0.15, -0.1) is 0 Å². The molecule has 0 aliphatic carbocycles. The Labute approximate surface area is 103 Å². The van der Waals surface area contributed by atoms with Gasteiger partial charge in [0, 0.05) is 17.5 Å². The third-order valence-corrected chi connectivity index (χ3v) is 2.85. The number of rotatable bonds is 3. The van der Waals surface area contributed by atoms with Crippen LogP contribution in [0, 0.1) is 0 Å². The first-order valence-electron chi connectivity index (χ1n) is 5.63. The lowest BCUT2D eigenvalue weighted by atomic mass is 10.1. The van der Waals surface area contributed by atoms with Crippen molar-refractivity contribution in [1.82, 2.24) is 15.2 Å². The fourth-order valence-corrected chi connectivity index (χ4v) is 1.91. The van der Waals surface area contributed by atoms with Gasteiger partial charge in [-0.1, -0.05) is 36.4 Å². The van der Waals surface area contributed by atoms with Gasteiger partial charge in [-0.05, 0) is 5.39 Å². The minimum Gasteiger partial charge on any atom is -0.507 e. The fraction of sp³-hybridized carbons (Fsp3) is 0.0769. The molecular formula is C13H12N4O. The molecule has 0 bridgehead atoms. The molecule has 2 aromatic carbocycles. The van der Waals surface area contributed by atoms with Crippen molar-refractivity contribution in [2.24, 2.45) is 0 Å². The van der Waals surface area contributed by atoms with Gasteiger partial charge in [0.25, 0.3) is 0 Å². The predicted molar refractivity (Wildman–Crippen MR) is 69.3 cm³/mol. The van der Waals surface area contributed by atoms with E-state index in [1.807, 2.05) is 36.4 Å². The van der Waals surface area contributed by atoms with Crippen LogP contribution in [0.4, 0.5) is 5.95 Å². The first-order valence-corrected chi connectivity index (χ1v) is 5.63. The monoisotopic (exact) mass is 240 g/mol. The van der Waals surface area contributed by atoms with E-state index in [0.29, 0.717) is 18.2 Å². The molecule has 1 aromatic heterocycles. The molecule has 0 unspecified atom stereocenters. The van der Waals surface area contributed by atoms with Crippen LogP contribution in [0.25, 0.3) is 10.8 Å². The molecule has 0 aliphatic heterocycles. The second-order valence-electron chi connectivity index (χ2n) is 3.98. The van der Waals surface area contributed by atoms with E-state index in [9.17, 15) is 5.11 Å². The third kappa shape index (κ3) is 1.86. The summed E-state index contributed by atoms with van der Waals surface area (Å²) in [6, 6.07) is 11.6. The number of nitrogens with one attached hydrogen (secondary N) is 2. The Kier molecular flexibility index (Phi) is 2.57. The van der Waals surface area contributed by atoms with E-state index in [1.54, 1.807) is 0 Å². The van der Waals surface area contributed by atoms with Crippen LogP contribution in [0.1, 0.15) is 5.56 Å². The molecule has 0 radical (unpaired) electrons. The Balaban J connectivity index is 1.90. The molecule has 0 fully saturated rings. The summed E-state index contributed by atoms with van der Waals surface area (Å²) in [5, 5.41) is 21.6. The van der Waals surface area contributed by atoms with Gasteiger partial charge in [0.15, 0.2) is 0 Å². The minimum atomic E-state index is 0.306. The highest BCUT2D eigenvalue weighted by atomic mass is 16.3. The Morgan fingerprint density at radius 2 is 2.06 bits per heavy atom. The Hall–Kier alpha value is -2.56. The summed E-state index contributed by atoms with van der Waals surface area (Å²) in [5.74, 6) is 0.891. The summed E-state index contributed by atoms with van der Waals surface area (Å²) in [4.78, 5) is 3.96. The smallest absolute Gasteiger partial charge is 0.218 e. The number of hydrogen-bond acceptors (Lipinski definition) is 4. The van der Waals surface area contributed by atoms with Gasteiger partial charge in [-0.2, -0.15) is 5.10 Å². The number of nitrogens with zero attached hydrogens (tertiary/aromatic N) is 2. The number of phenolic OH excluding ortho intramolecular Hbond substituents is 1. The van der Waals surface area contributed by atoms with Crippen LogP contribution in [0.15, 0.2) is 42.7 Å². The van der Waals surface area contributed by atoms with Crippen molar-refractivity contribution in [1.29, 1.82) is 0 Å². The largest absolute Gasteiger partial charge is 0.507 e. The number of phenols is 1. The van der Waals surface area contributed by atoms with Crippen molar-refractivity contribution in [3.63, 3.8) is 0 Å². The van der Waals surface area contributed by atoms with Crippen molar-refractivity contribution in [2.75, 3.05) is 5.32 Å². The Morgan fingerprint density at radius 3 is 2.89 bits per heavy atom. The zero-order valence-corrected chi connectivity index (χ0v) is 9.59. The van der Waals surface area contributed by atoms with Crippen molar-refractivity contribution in [3.05, 3.63) is 48.3 Å². The van der Waals surface area contributed by atoms with Crippen LogP contribution < -0.4 is 5.32 Å². The molecule has 0 spiro atoms. The number of aromatic amines is 1. The zero-order valence-electron chi connectivity index (χ0n) is 9.59. The minimum absolute atomic E-state index is 0.306. The number of anilines is 1. The summed E-state index contributed by atoms with van der Waals surface area (Å²) in [6.07, 6.45) is 1.43. The maximum absolute atomic E-state index is 10.2. The number of fused-ring (bicyclic) bond motifs is 1. The molecule has 5 heteroatoms. The van der Waals surface area contributed by atoms with Crippen LogP contribution in [0.3, 0.4) is 0 Å². The molecular weight excluding hydrogens is 228 g/mol. The highest BCUT2D eigenvalue weighted by Crippen LogP contribution is 2.28. The maximum atomic E-state index is 10.2. The summed E-state index contributed by atoms with van der Waals surface area (Å²) in [5.41, 5.74) is 0.824. The van der Waals surface area contributed by atoms with Gasteiger partial charge >= 0.3 is 0 Å². The SMILES string of the molecule is Oc1c(CNc2ncn[nH]2)ccc2ccccc12. The average Bonchev–Trinajstić information content (AvgIpc) is 2.91. The summed E-state index contributed by atoms with van der Waals surface area (Å²) in [6.45, 7) is 0.492. The number of H-pyrrole nitrogens is 1. The van der Waals surface area contributed by atoms with Crippen molar-refractivity contribution in [3.8, 4) is 5.75 Å². The third-order valence-electron chi connectivity index (χ3n) is 2.85. The van der Waals surface area contributed by atoms with E-state index >= 15 is 0 Å². The maximum Gasteiger partial charge on any atom is 0.218 e. The molecule has 0 atom stereocenters. The molecule has 0 amide bonds. The van der Waals surface area contributed by atoms with E-state index in [1.165, 1.54) is 6.33 Å². The standard InChI is InChI=1S/C13H12N4O/c18-12-10(7-14-13-15-8-16-17-13)6-5-9-3-1-2-4-11(9)12/h1-6,8,18H,7H2,(H2,14,15,16,17). The van der Waals surface area contributed by atoms with Gasteiger partial charge in [0.1, 0.15) is 12.1 Å². The summed E-state index contributed by atoms with van der Waals surface area (Å²) in [7, 11) is 0. The first-order chi connectivity index (χ1) is 8.84. The number of aromatic hydroxyl groups is 1. The molecule has 90 valence electrons. The van der Waals surface area contributed by atoms with Crippen molar-refractivity contribution in [2.45, 2.75) is 6.54 Å². The van der Waals surface area contributed by atoms with Crippen LogP contribution in [0.2, 0.25) is 0 Å². The average molecular weight is 240 g/mol. The predicted octanol–water partition coefficient (Wildman–Crippen LogP) is 2.28. The lowest BCUT2D eigenvalue weighted by molar-refractivity contribution is 0.475. The highest BCUT2D eigenvalue weighted by Gasteiger charge is 2.06. The molecule has 0 saturated carbocycles. The second kappa shape index (κ2) is 4.37. The van der Waals surface area contributed by atoms with Crippen LogP contribution in [-0.4, -0.2) is 20.3 Å². The topological polar surface area (TPSA) is 73.8 Å². The lowest BCUT2D eigenvalue weighted by Gasteiger charge is -2.08. The molecule has 0 aliphatic rings. The Morgan fingerprint density at radius 1 is 1.17 bits per heavy atom. The van der Waals surface area contributed by atoms with Crippen LogP contribution >= 0.6 is 0 Å². The zero-order chi connectivity index (χ0) is 12.4. The van der Waals surface area contributed by atoms with E-state index in [4.69, 9.17) is 0 Å². The number of aromatic nitrogens is 3. The fourth-order valence-electron chi connectivity index (χ4n) is 1.91. The first kappa shape index (κ1) is 10.6.